The van der Waals surface area contributed by atoms with Gasteiger partial charge in [-0.3, -0.25) is 9.59 Å². The molecular weight excluding hydrogens is 522 g/mol. The van der Waals surface area contributed by atoms with E-state index >= 15 is 0 Å². The summed E-state index contributed by atoms with van der Waals surface area (Å²) in [5.74, 6) is -3.76. The Morgan fingerprint density at radius 1 is 1.24 bits per heavy atom. The van der Waals surface area contributed by atoms with E-state index in [4.69, 9.17) is 10.00 Å². The van der Waals surface area contributed by atoms with Crippen LogP contribution in [0.3, 0.4) is 0 Å². The molecule has 3 aromatic rings. The zero-order chi connectivity index (χ0) is 27.3. The second-order valence-corrected chi connectivity index (χ2v) is 11.8. The van der Waals surface area contributed by atoms with E-state index in [9.17, 15) is 26.8 Å². The number of hydrogen-bond acceptors (Lipinski definition) is 8. The number of carbonyl (C=O) groups excluding carboxylic acids is 1. The van der Waals surface area contributed by atoms with Gasteiger partial charge >= 0.3 is 0 Å². The maximum absolute atomic E-state index is 13.3. The SMILES string of the molecule is Cn1c(=O)c(C(=O)NCc2ccc(C#N)cc2)cc2cnnc(OCC3(S(=O)(=O)N4CC(F)(F)C4)CC3)c21. The summed E-state index contributed by atoms with van der Waals surface area (Å²) in [6, 6.07) is 9.97. The molecule has 0 radical (unpaired) electrons. The molecule has 1 saturated heterocycles. The van der Waals surface area contributed by atoms with Gasteiger partial charge in [0.05, 0.1) is 30.9 Å². The first-order chi connectivity index (χ1) is 18.0. The Morgan fingerprint density at radius 3 is 2.53 bits per heavy atom. The van der Waals surface area contributed by atoms with Crippen LogP contribution in [0.4, 0.5) is 8.78 Å². The molecule has 0 spiro atoms. The van der Waals surface area contributed by atoms with Crippen molar-refractivity contribution in [1.82, 2.24) is 24.4 Å². The molecule has 1 aliphatic carbocycles. The van der Waals surface area contributed by atoms with Gasteiger partial charge in [-0.1, -0.05) is 12.1 Å². The van der Waals surface area contributed by atoms with Gasteiger partial charge in [-0.25, -0.2) is 17.2 Å². The van der Waals surface area contributed by atoms with Crippen molar-refractivity contribution in [3.8, 4) is 11.9 Å². The normalized spacial score (nSPS) is 17.8. The summed E-state index contributed by atoms with van der Waals surface area (Å²) in [5, 5.41) is 19.7. The van der Waals surface area contributed by atoms with Crippen molar-refractivity contribution < 1.29 is 26.7 Å². The molecule has 198 valence electrons. The molecule has 11 nitrogen and oxygen atoms in total. The lowest BCUT2D eigenvalue weighted by Crippen LogP contribution is -2.61. The van der Waals surface area contributed by atoms with E-state index in [1.807, 2.05) is 6.07 Å². The molecule has 1 aliphatic heterocycles. The third-order valence-electron chi connectivity index (χ3n) is 6.75. The van der Waals surface area contributed by atoms with E-state index in [0.29, 0.717) is 10.9 Å². The van der Waals surface area contributed by atoms with Crippen LogP contribution in [0.25, 0.3) is 10.9 Å². The van der Waals surface area contributed by atoms with Crippen LogP contribution in [0.15, 0.2) is 41.3 Å². The van der Waals surface area contributed by atoms with Crippen LogP contribution in [0.1, 0.15) is 34.3 Å². The van der Waals surface area contributed by atoms with Crippen molar-refractivity contribution in [3.05, 3.63) is 63.6 Å². The standard InChI is InChI=1S/C24H22F2N6O5S/c1-31-19-17(8-18(22(31)34)20(33)28-10-16-4-2-15(9-27)3-5-16)11-29-30-21(19)37-14-23(6-7-23)38(35,36)32-12-24(25,26)13-32/h2-5,8,11H,6-7,10,12-14H2,1H3,(H,28,33). The molecule has 1 aromatic carbocycles. The van der Waals surface area contributed by atoms with Crippen molar-refractivity contribution in [2.75, 3.05) is 19.7 Å². The molecule has 0 bridgehead atoms. The molecule has 1 amide bonds. The fourth-order valence-electron chi connectivity index (χ4n) is 4.28. The molecule has 2 aromatic heterocycles. The van der Waals surface area contributed by atoms with Crippen LogP contribution in [0.2, 0.25) is 0 Å². The van der Waals surface area contributed by atoms with Gasteiger partial charge in [-0.2, -0.15) is 14.7 Å². The number of nitriles is 1. The molecular formula is C24H22F2N6O5S. The average molecular weight is 545 g/mol. The first kappa shape index (κ1) is 25.7. The third-order valence-corrected chi connectivity index (χ3v) is 9.31. The zero-order valence-corrected chi connectivity index (χ0v) is 21.0. The average Bonchev–Trinajstić information content (AvgIpc) is 3.68. The third kappa shape index (κ3) is 4.48. The second-order valence-electron chi connectivity index (χ2n) is 9.47. The highest BCUT2D eigenvalue weighted by atomic mass is 32.2. The molecule has 5 rings (SSSR count). The number of benzene rings is 1. The van der Waals surface area contributed by atoms with Crippen molar-refractivity contribution in [1.29, 1.82) is 5.26 Å². The number of sulfonamides is 1. The van der Waals surface area contributed by atoms with Gasteiger partial charge in [-0.15, -0.1) is 5.10 Å². The number of amides is 1. The molecule has 0 atom stereocenters. The predicted octanol–water partition coefficient (Wildman–Crippen LogP) is 1.32. The number of pyridine rings is 1. The lowest BCUT2D eigenvalue weighted by molar-refractivity contribution is -0.0950. The van der Waals surface area contributed by atoms with E-state index in [1.165, 1.54) is 23.9 Å². The van der Waals surface area contributed by atoms with Gasteiger partial charge < -0.3 is 14.6 Å². The van der Waals surface area contributed by atoms with Crippen LogP contribution in [-0.4, -0.2) is 63.8 Å². The summed E-state index contributed by atoms with van der Waals surface area (Å²) in [5.41, 5.74) is 0.645. The molecule has 0 unspecified atom stereocenters. The Morgan fingerprint density at radius 2 is 1.92 bits per heavy atom. The number of rotatable bonds is 8. The number of alkyl halides is 2. The van der Waals surface area contributed by atoms with Crippen molar-refractivity contribution >= 4 is 26.8 Å². The summed E-state index contributed by atoms with van der Waals surface area (Å²) in [6.07, 6.45) is 1.83. The number of ether oxygens (including phenoxy) is 1. The van der Waals surface area contributed by atoms with Crippen molar-refractivity contribution in [2.45, 2.75) is 30.1 Å². The monoisotopic (exact) mass is 544 g/mol. The maximum Gasteiger partial charge on any atom is 0.275 e. The minimum atomic E-state index is -4.01. The van der Waals surface area contributed by atoms with Crippen LogP contribution in [-0.2, 0) is 23.6 Å². The van der Waals surface area contributed by atoms with Crippen LogP contribution in [0.5, 0.6) is 5.88 Å². The van der Waals surface area contributed by atoms with E-state index < -0.39 is 45.2 Å². The predicted molar refractivity (Wildman–Crippen MR) is 130 cm³/mol. The van der Waals surface area contributed by atoms with E-state index in [-0.39, 0.29) is 43.0 Å². The van der Waals surface area contributed by atoms with Crippen molar-refractivity contribution in [2.24, 2.45) is 7.05 Å². The highest BCUT2D eigenvalue weighted by Crippen LogP contribution is 2.48. The molecule has 2 fully saturated rings. The molecule has 14 heteroatoms. The van der Waals surface area contributed by atoms with Gasteiger partial charge in [0.25, 0.3) is 23.3 Å². The summed E-state index contributed by atoms with van der Waals surface area (Å²) in [7, 11) is -2.59. The number of nitrogens with one attached hydrogen (secondary N) is 1. The Hall–Kier alpha value is -3.96. The molecule has 1 N–H and O–H groups in total. The number of hydrogen-bond donors (Lipinski definition) is 1. The van der Waals surface area contributed by atoms with Crippen LogP contribution < -0.4 is 15.6 Å². The van der Waals surface area contributed by atoms with E-state index in [0.717, 1.165) is 9.87 Å². The highest BCUT2D eigenvalue weighted by Gasteiger charge is 2.62. The number of fused-ring (bicyclic) bond motifs is 1. The highest BCUT2D eigenvalue weighted by molar-refractivity contribution is 7.90. The van der Waals surface area contributed by atoms with E-state index in [1.54, 1.807) is 24.3 Å². The van der Waals surface area contributed by atoms with Crippen LogP contribution >= 0.6 is 0 Å². The molecule has 2 aliphatic rings. The number of aryl methyl sites for hydroxylation is 1. The van der Waals surface area contributed by atoms with Gasteiger partial charge in [0, 0.05) is 19.0 Å². The quantitative estimate of drug-likeness (QED) is 0.447. The van der Waals surface area contributed by atoms with Gasteiger partial charge in [-0.05, 0) is 36.6 Å². The first-order valence-corrected chi connectivity index (χ1v) is 13.0. The Kier molecular flexibility index (Phi) is 6.15. The summed E-state index contributed by atoms with van der Waals surface area (Å²) in [6.45, 7) is -1.91. The van der Waals surface area contributed by atoms with Gasteiger partial charge in [0.15, 0.2) is 0 Å². The first-order valence-electron chi connectivity index (χ1n) is 11.6. The minimum absolute atomic E-state index is 0.109. The maximum atomic E-state index is 13.3. The summed E-state index contributed by atoms with van der Waals surface area (Å²) in [4.78, 5) is 25.8. The zero-order valence-electron chi connectivity index (χ0n) is 20.1. The fraction of sp³-hybridized carbons (Fsp3) is 0.375. The lowest BCUT2D eigenvalue weighted by atomic mass is 10.1. The molecule has 38 heavy (non-hydrogen) atoms. The summed E-state index contributed by atoms with van der Waals surface area (Å²) < 4.78 is 58.6. The smallest absolute Gasteiger partial charge is 0.275 e. The lowest BCUT2D eigenvalue weighted by Gasteiger charge is -2.39. The number of carbonyl (C=O) groups is 1. The topological polar surface area (TPSA) is 147 Å². The second kappa shape index (κ2) is 9.10. The van der Waals surface area contributed by atoms with Crippen LogP contribution in [0, 0.1) is 11.3 Å². The number of halogens is 2. The Labute approximate surface area is 215 Å². The molecule has 1 saturated carbocycles. The van der Waals surface area contributed by atoms with Crippen molar-refractivity contribution in [3.63, 3.8) is 0 Å². The Bertz CT molecular complexity index is 1640. The minimum Gasteiger partial charge on any atom is -0.473 e. The number of nitrogens with zero attached hydrogens (tertiary/aromatic N) is 5. The van der Waals surface area contributed by atoms with Gasteiger partial charge in [0.1, 0.15) is 22.4 Å². The number of aromatic nitrogens is 3. The fourth-order valence-corrected chi connectivity index (χ4v) is 6.37. The van der Waals surface area contributed by atoms with E-state index in [2.05, 4.69) is 15.5 Å². The largest absolute Gasteiger partial charge is 0.473 e. The Balaban J connectivity index is 1.34. The molecule has 3 heterocycles. The van der Waals surface area contributed by atoms with Gasteiger partial charge in [0.2, 0.25) is 10.0 Å². The summed E-state index contributed by atoms with van der Waals surface area (Å²) >= 11 is 0.